The molecular weight excluding hydrogens is 412 g/mol. The summed E-state index contributed by atoms with van der Waals surface area (Å²) in [5.74, 6) is -0.471. The Balaban J connectivity index is 1.52. The largest absolute Gasteiger partial charge is 0.365 e. The normalized spacial score (nSPS) is 10.8. The molecule has 4 nitrogen and oxygen atoms in total. The fourth-order valence-corrected chi connectivity index (χ4v) is 5.23. The smallest absolute Gasteiger partial charge is 0.252 e. The minimum atomic E-state index is -0.546. The molecule has 1 aromatic heterocycles. The molecule has 0 saturated carbocycles. The standard InChI is InChI=1S/C24H20N2O2S2/c1-15-21(17-8-3-2-4-9-17)22(23(25)28)24(30-15)26-20(27)14-29-19-12-11-16-7-5-6-10-18(16)13-19/h2-13H,14H2,1H3,(H2,25,28)(H,26,27). The van der Waals surface area contributed by atoms with E-state index in [2.05, 4.69) is 29.6 Å². The van der Waals surface area contributed by atoms with Crippen LogP contribution in [0.2, 0.25) is 0 Å². The average Bonchev–Trinajstić information content (AvgIpc) is 3.08. The quantitative estimate of drug-likeness (QED) is 0.384. The van der Waals surface area contributed by atoms with Crippen LogP contribution in [0.15, 0.2) is 77.7 Å². The molecule has 0 atom stereocenters. The third kappa shape index (κ3) is 4.25. The highest BCUT2D eigenvalue weighted by Gasteiger charge is 2.22. The third-order valence-corrected chi connectivity index (χ3v) is 6.75. The molecule has 30 heavy (non-hydrogen) atoms. The number of fused-ring (bicyclic) bond motifs is 1. The predicted octanol–water partition coefficient (Wildman–Crippen LogP) is 5.71. The second-order valence-corrected chi connectivity index (χ2v) is 9.09. The summed E-state index contributed by atoms with van der Waals surface area (Å²) in [5.41, 5.74) is 7.73. The number of nitrogens with two attached hydrogens (primary N) is 1. The van der Waals surface area contributed by atoms with Crippen LogP contribution in [-0.4, -0.2) is 17.6 Å². The Labute approximate surface area is 183 Å². The van der Waals surface area contributed by atoms with Crippen LogP contribution in [-0.2, 0) is 4.79 Å². The van der Waals surface area contributed by atoms with E-state index in [1.807, 2.05) is 55.5 Å². The van der Waals surface area contributed by atoms with Crippen LogP contribution < -0.4 is 11.1 Å². The lowest BCUT2D eigenvalue weighted by atomic mass is 10.0. The number of carbonyl (C=O) groups is 2. The Morgan fingerprint density at radius 2 is 1.67 bits per heavy atom. The van der Waals surface area contributed by atoms with Crippen LogP contribution in [0.5, 0.6) is 0 Å². The lowest BCUT2D eigenvalue weighted by Crippen LogP contribution is -2.18. The Kier molecular flexibility index (Phi) is 5.88. The molecule has 0 aliphatic rings. The SMILES string of the molecule is Cc1sc(NC(=O)CSc2ccc3ccccc3c2)c(C(N)=O)c1-c1ccccc1. The van der Waals surface area contributed by atoms with Crippen LogP contribution >= 0.6 is 23.1 Å². The molecule has 0 aliphatic carbocycles. The summed E-state index contributed by atoms with van der Waals surface area (Å²) in [6.45, 7) is 1.93. The summed E-state index contributed by atoms with van der Waals surface area (Å²) in [5, 5.41) is 5.70. The molecule has 3 N–H and O–H groups in total. The van der Waals surface area contributed by atoms with Gasteiger partial charge in [0.05, 0.1) is 11.3 Å². The van der Waals surface area contributed by atoms with Gasteiger partial charge in [-0.05, 0) is 35.4 Å². The number of hydrogen-bond donors (Lipinski definition) is 2. The molecule has 3 aromatic carbocycles. The second kappa shape index (κ2) is 8.73. The highest BCUT2D eigenvalue weighted by Crippen LogP contribution is 2.39. The predicted molar refractivity (Wildman–Crippen MR) is 126 cm³/mol. The number of benzene rings is 3. The van der Waals surface area contributed by atoms with Crippen molar-refractivity contribution in [2.75, 3.05) is 11.1 Å². The molecule has 0 unspecified atom stereocenters. The number of hydrogen-bond acceptors (Lipinski definition) is 4. The maximum atomic E-state index is 12.6. The van der Waals surface area contributed by atoms with E-state index >= 15 is 0 Å². The van der Waals surface area contributed by atoms with Crippen molar-refractivity contribution in [3.8, 4) is 11.1 Å². The fraction of sp³-hybridized carbons (Fsp3) is 0.0833. The zero-order valence-corrected chi connectivity index (χ0v) is 18.0. The Morgan fingerprint density at radius 3 is 2.40 bits per heavy atom. The first-order chi connectivity index (χ1) is 14.5. The van der Waals surface area contributed by atoms with Gasteiger partial charge in [-0.2, -0.15) is 0 Å². The van der Waals surface area contributed by atoms with E-state index in [1.54, 1.807) is 0 Å². The molecular formula is C24H20N2O2S2. The summed E-state index contributed by atoms with van der Waals surface area (Å²) in [6.07, 6.45) is 0. The molecule has 0 saturated heterocycles. The van der Waals surface area contributed by atoms with Crippen molar-refractivity contribution in [2.24, 2.45) is 5.73 Å². The van der Waals surface area contributed by atoms with Gasteiger partial charge >= 0.3 is 0 Å². The van der Waals surface area contributed by atoms with Crippen molar-refractivity contribution in [2.45, 2.75) is 11.8 Å². The molecule has 4 rings (SSSR count). The summed E-state index contributed by atoms with van der Waals surface area (Å²) in [7, 11) is 0. The number of primary amides is 1. The first-order valence-electron chi connectivity index (χ1n) is 9.43. The van der Waals surface area contributed by atoms with Crippen LogP contribution in [0, 0.1) is 6.92 Å². The van der Waals surface area contributed by atoms with Gasteiger partial charge in [-0.25, -0.2) is 0 Å². The highest BCUT2D eigenvalue weighted by atomic mass is 32.2. The number of anilines is 1. The van der Waals surface area contributed by atoms with Crippen LogP contribution in [0.3, 0.4) is 0 Å². The van der Waals surface area contributed by atoms with Gasteiger partial charge in [0, 0.05) is 15.3 Å². The van der Waals surface area contributed by atoms with E-state index in [1.165, 1.54) is 28.5 Å². The van der Waals surface area contributed by atoms with E-state index in [-0.39, 0.29) is 11.7 Å². The van der Waals surface area contributed by atoms with E-state index < -0.39 is 5.91 Å². The number of nitrogens with one attached hydrogen (secondary N) is 1. The number of thioether (sulfide) groups is 1. The number of thiophene rings is 1. The van der Waals surface area contributed by atoms with Crippen LogP contribution in [0.25, 0.3) is 21.9 Å². The molecule has 0 fully saturated rings. The Hall–Kier alpha value is -3.09. The summed E-state index contributed by atoms with van der Waals surface area (Å²) < 4.78 is 0. The van der Waals surface area contributed by atoms with Gasteiger partial charge in [0.25, 0.3) is 5.91 Å². The fourth-order valence-electron chi connectivity index (χ4n) is 3.39. The van der Waals surface area contributed by atoms with Gasteiger partial charge in [0.2, 0.25) is 5.91 Å². The molecule has 0 aliphatic heterocycles. The van der Waals surface area contributed by atoms with E-state index in [9.17, 15) is 9.59 Å². The molecule has 6 heteroatoms. The van der Waals surface area contributed by atoms with Crippen molar-refractivity contribution >= 4 is 50.7 Å². The molecule has 2 amide bonds. The summed E-state index contributed by atoms with van der Waals surface area (Å²) in [4.78, 5) is 26.7. The topological polar surface area (TPSA) is 72.2 Å². The van der Waals surface area contributed by atoms with Crippen LogP contribution in [0.4, 0.5) is 5.00 Å². The van der Waals surface area contributed by atoms with Gasteiger partial charge in [-0.1, -0.05) is 60.7 Å². The van der Waals surface area contributed by atoms with Gasteiger partial charge in [0.15, 0.2) is 0 Å². The Morgan fingerprint density at radius 1 is 0.967 bits per heavy atom. The lowest BCUT2D eigenvalue weighted by Gasteiger charge is -2.07. The maximum absolute atomic E-state index is 12.6. The van der Waals surface area contributed by atoms with Crippen molar-refractivity contribution in [1.82, 2.24) is 0 Å². The first-order valence-corrected chi connectivity index (χ1v) is 11.2. The van der Waals surface area contributed by atoms with Crippen LogP contribution in [0.1, 0.15) is 15.2 Å². The second-order valence-electron chi connectivity index (χ2n) is 6.81. The highest BCUT2D eigenvalue weighted by molar-refractivity contribution is 8.00. The zero-order chi connectivity index (χ0) is 21.1. The van der Waals surface area contributed by atoms with Crippen molar-refractivity contribution in [1.29, 1.82) is 0 Å². The molecule has 1 heterocycles. The minimum Gasteiger partial charge on any atom is -0.365 e. The zero-order valence-electron chi connectivity index (χ0n) is 16.3. The van der Waals surface area contributed by atoms with E-state index in [4.69, 9.17) is 5.73 Å². The monoisotopic (exact) mass is 432 g/mol. The van der Waals surface area contributed by atoms with Crippen molar-refractivity contribution in [3.63, 3.8) is 0 Å². The number of amides is 2. The lowest BCUT2D eigenvalue weighted by molar-refractivity contribution is -0.113. The van der Waals surface area contributed by atoms with E-state index in [0.29, 0.717) is 10.6 Å². The maximum Gasteiger partial charge on any atom is 0.252 e. The first kappa shape index (κ1) is 20.2. The van der Waals surface area contributed by atoms with Crippen molar-refractivity contribution in [3.05, 3.63) is 83.2 Å². The molecule has 0 bridgehead atoms. The van der Waals surface area contributed by atoms with Gasteiger partial charge in [-0.3, -0.25) is 9.59 Å². The summed E-state index contributed by atoms with van der Waals surface area (Å²) >= 11 is 2.83. The van der Waals surface area contributed by atoms with Gasteiger partial charge in [0.1, 0.15) is 5.00 Å². The number of rotatable bonds is 6. The molecule has 150 valence electrons. The number of aryl methyl sites for hydroxylation is 1. The molecule has 0 radical (unpaired) electrons. The van der Waals surface area contributed by atoms with Crippen molar-refractivity contribution < 1.29 is 9.59 Å². The van der Waals surface area contributed by atoms with Gasteiger partial charge in [-0.15, -0.1) is 23.1 Å². The third-order valence-electron chi connectivity index (χ3n) is 4.74. The molecule has 4 aromatic rings. The Bertz CT molecular complexity index is 1230. The van der Waals surface area contributed by atoms with Gasteiger partial charge < -0.3 is 11.1 Å². The average molecular weight is 433 g/mol. The number of carbonyl (C=O) groups excluding carboxylic acids is 2. The molecule has 0 spiro atoms. The summed E-state index contributed by atoms with van der Waals surface area (Å²) in [6, 6.07) is 23.9. The minimum absolute atomic E-state index is 0.170. The van der Waals surface area contributed by atoms with E-state index in [0.717, 1.165) is 26.3 Å².